The first-order valence-electron chi connectivity index (χ1n) is 7.67. The minimum atomic E-state index is -0.947. The van der Waals surface area contributed by atoms with Crippen molar-refractivity contribution in [3.63, 3.8) is 0 Å². The number of amides is 1. The van der Waals surface area contributed by atoms with E-state index >= 15 is 0 Å². The fourth-order valence-corrected chi connectivity index (χ4v) is 2.54. The summed E-state index contributed by atoms with van der Waals surface area (Å²) in [6.07, 6.45) is -0.947. The number of hydrogen-bond acceptors (Lipinski definition) is 5. The van der Waals surface area contributed by atoms with Gasteiger partial charge in [0.15, 0.2) is 12.7 Å². The van der Waals surface area contributed by atoms with Crippen LogP contribution in [-0.2, 0) is 21.4 Å². The highest BCUT2D eigenvalue weighted by molar-refractivity contribution is 9.10. The van der Waals surface area contributed by atoms with Crippen molar-refractivity contribution < 1.29 is 19.1 Å². The van der Waals surface area contributed by atoms with Crippen molar-refractivity contribution >= 4 is 33.5 Å². The molecule has 1 atom stereocenters. The van der Waals surface area contributed by atoms with Crippen LogP contribution in [0.3, 0.4) is 0 Å². The lowest BCUT2D eigenvalue weighted by atomic mass is 10.3. The molecule has 2 aromatic rings. The standard InChI is InChI=1S/C17H20BrN3O4/c1-10-16(11(2)21(4)20-10)19-17(23)12(3)25-15(22)9-24-14-7-5-6-13(18)8-14/h5-8,12H,9H2,1-4H3,(H,19,23)/t12-/m1/s1. The molecule has 0 spiro atoms. The molecule has 0 aliphatic rings. The Morgan fingerprint density at radius 2 is 2.08 bits per heavy atom. The maximum Gasteiger partial charge on any atom is 0.344 e. The first kappa shape index (κ1) is 19.0. The van der Waals surface area contributed by atoms with Gasteiger partial charge in [-0.2, -0.15) is 5.10 Å². The van der Waals surface area contributed by atoms with Crippen LogP contribution in [0.4, 0.5) is 5.69 Å². The molecule has 0 fully saturated rings. The molecule has 25 heavy (non-hydrogen) atoms. The zero-order valence-corrected chi connectivity index (χ0v) is 16.1. The molecule has 0 aliphatic carbocycles. The molecule has 0 radical (unpaired) electrons. The van der Waals surface area contributed by atoms with E-state index in [1.54, 1.807) is 36.9 Å². The van der Waals surface area contributed by atoms with Gasteiger partial charge >= 0.3 is 5.97 Å². The van der Waals surface area contributed by atoms with Crippen LogP contribution in [0.25, 0.3) is 0 Å². The fourth-order valence-electron chi connectivity index (χ4n) is 2.16. The molecular weight excluding hydrogens is 390 g/mol. The van der Waals surface area contributed by atoms with Crippen molar-refractivity contribution in [3.05, 3.63) is 40.1 Å². The van der Waals surface area contributed by atoms with Crippen molar-refractivity contribution in [1.82, 2.24) is 9.78 Å². The Hall–Kier alpha value is -2.35. The number of ether oxygens (including phenoxy) is 2. The van der Waals surface area contributed by atoms with Gasteiger partial charge in [-0.3, -0.25) is 9.48 Å². The first-order chi connectivity index (χ1) is 11.8. The van der Waals surface area contributed by atoms with Gasteiger partial charge < -0.3 is 14.8 Å². The summed E-state index contributed by atoms with van der Waals surface area (Å²) in [7, 11) is 1.79. The molecule has 1 aromatic heterocycles. The lowest BCUT2D eigenvalue weighted by Crippen LogP contribution is -2.32. The zero-order valence-electron chi connectivity index (χ0n) is 14.5. The summed E-state index contributed by atoms with van der Waals surface area (Å²) >= 11 is 3.32. The Morgan fingerprint density at radius 3 is 2.68 bits per heavy atom. The topological polar surface area (TPSA) is 82.5 Å². The third-order valence-corrected chi connectivity index (χ3v) is 4.08. The Labute approximate surface area is 154 Å². The maximum absolute atomic E-state index is 12.2. The molecule has 0 unspecified atom stereocenters. The molecule has 0 saturated carbocycles. The second kappa shape index (κ2) is 8.15. The van der Waals surface area contributed by atoms with Crippen molar-refractivity contribution in [2.24, 2.45) is 7.05 Å². The summed E-state index contributed by atoms with van der Waals surface area (Å²) in [6, 6.07) is 7.10. The number of esters is 1. The number of halogens is 1. The van der Waals surface area contributed by atoms with E-state index in [2.05, 4.69) is 26.3 Å². The van der Waals surface area contributed by atoms with E-state index in [0.29, 0.717) is 17.1 Å². The maximum atomic E-state index is 12.2. The highest BCUT2D eigenvalue weighted by Gasteiger charge is 2.21. The Bertz CT molecular complexity index is 788. The van der Waals surface area contributed by atoms with Crippen LogP contribution in [-0.4, -0.2) is 34.4 Å². The Morgan fingerprint density at radius 1 is 1.36 bits per heavy atom. The number of anilines is 1. The molecule has 0 bridgehead atoms. The zero-order chi connectivity index (χ0) is 18.6. The van der Waals surface area contributed by atoms with Gasteiger partial charge in [0.1, 0.15) is 5.75 Å². The largest absolute Gasteiger partial charge is 0.482 e. The van der Waals surface area contributed by atoms with Gasteiger partial charge in [0.2, 0.25) is 0 Å². The highest BCUT2D eigenvalue weighted by Crippen LogP contribution is 2.19. The second-order valence-corrected chi connectivity index (χ2v) is 6.45. The second-order valence-electron chi connectivity index (χ2n) is 5.54. The van der Waals surface area contributed by atoms with Crippen molar-refractivity contribution in [1.29, 1.82) is 0 Å². The van der Waals surface area contributed by atoms with E-state index in [1.165, 1.54) is 6.92 Å². The number of hydrogen-bond donors (Lipinski definition) is 1. The van der Waals surface area contributed by atoms with Crippen LogP contribution in [0.15, 0.2) is 28.7 Å². The van der Waals surface area contributed by atoms with Crippen LogP contribution < -0.4 is 10.1 Å². The molecule has 0 aliphatic heterocycles. The summed E-state index contributed by atoms with van der Waals surface area (Å²) in [4.78, 5) is 24.1. The molecule has 1 heterocycles. The molecule has 0 saturated heterocycles. The summed E-state index contributed by atoms with van der Waals surface area (Å²) in [5.74, 6) is -0.512. The first-order valence-corrected chi connectivity index (χ1v) is 8.46. The summed E-state index contributed by atoms with van der Waals surface area (Å²) in [5.41, 5.74) is 2.15. The lowest BCUT2D eigenvalue weighted by molar-refractivity contribution is -0.155. The van der Waals surface area contributed by atoms with Crippen molar-refractivity contribution in [2.45, 2.75) is 26.9 Å². The number of rotatable bonds is 6. The van der Waals surface area contributed by atoms with E-state index in [0.717, 1.165) is 10.2 Å². The lowest BCUT2D eigenvalue weighted by Gasteiger charge is -2.14. The van der Waals surface area contributed by atoms with Gasteiger partial charge in [-0.15, -0.1) is 0 Å². The van der Waals surface area contributed by atoms with Gasteiger partial charge in [0, 0.05) is 11.5 Å². The summed E-state index contributed by atoms with van der Waals surface area (Å²) in [6.45, 7) is 4.87. The number of aryl methyl sites for hydroxylation is 2. The van der Waals surface area contributed by atoms with E-state index in [4.69, 9.17) is 9.47 Å². The van der Waals surface area contributed by atoms with Gasteiger partial charge in [0.25, 0.3) is 5.91 Å². The molecular formula is C17H20BrN3O4. The predicted octanol–water partition coefficient (Wildman–Crippen LogP) is 2.75. The third kappa shape index (κ3) is 5.06. The van der Waals surface area contributed by atoms with Gasteiger partial charge in [-0.1, -0.05) is 22.0 Å². The average molecular weight is 410 g/mol. The molecule has 2 rings (SSSR count). The van der Waals surface area contributed by atoms with Crippen LogP contribution in [0.5, 0.6) is 5.75 Å². The number of nitrogens with zero attached hydrogens (tertiary/aromatic N) is 2. The van der Waals surface area contributed by atoms with Gasteiger partial charge in [0.05, 0.1) is 17.1 Å². The molecule has 134 valence electrons. The Kier molecular flexibility index (Phi) is 6.19. The third-order valence-electron chi connectivity index (χ3n) is 3.59. The Balaban J connectivity index is 1.86. The number of benzene rings is 1. The molecule has 1 aromatic carbocycles. The quantitative estimate of drug-likeness (QED) is 0.741. The normalized spacial score (nSPS) is 11.7. The molecule has 8 heteroatoms. The average Bonchev–Trinajstić information content (AvgIpc) is 2.79. The van der Waals surface area contributed by atoms with E-state index in [9.17, 15) is 9.59 Å². The van der Waals surface area contributed by atoms with Crippen LogP contribution in [0, 0.1) is 13.8 Å². The highest BCUT2D eigenvalue weighted by atomic mass is 79.9. The predicted molar refractivity (Wildman–Crippen MR) is 96.5 cm³/mol. The van der Waals surface area contributed by atoms with E-state index in [1.807, 2.05) is 13.0 Å². The SMILES string of the molecule is Cc1nn(C)c(C)c1NC(=O)[C@@H](C)OC(=O)COc1cccc(Br)c1. The minimum absolute atomic E-state index is 0.279. The number of carbonyl (C=O) groups excluding carboxylic acids is 2. The molecule has 1 N–H and O–H groups in total. The van der Waals surface area contributed by atoms with Crippen LogP contribution >= 0.6 is 15.9 Å². The minimum Gasteiger partial charge on any atom is -0.482 e. The van der Waals surface area contributed by atoms with E-state index < -0.39 is 18.0 Å². The van der Waals surface area contributed by atoms with Crippen LogP contribution in [0.1, 0.15) is 18.3 Å². The number of aromatic nitrogens is 2. The van der Waals surface area contributed by atoms with Crippen molar-refractivity contribution in [3.8, 4) is 5.75 Å². The number of carbonyl (C=O) groups is 2. The monoisotopic (exact) mass is 409 g/mol. The van der Waals surface area contributed by atoms with E-state index in [-0.39, 0.29) is 6.61 Å². The number of nitrogens with one attached hydrogen (secondary N) is 1. The smallest absolute Gasteiger partial charge is 0.344 e. The van der Waals surface area contributed by atoms with Gasteiger partial charge in [-0.25, -0.2) is 4.79 Å². The molecule has 1 amide bonds. The summed E-state index contributed by atoms with van der Waals surface area (Å²) < 4.78 is 13.0. The van der Waals surface area contributed by atoms with Crippen molar-refractivity contribution in [2.75, 3.05) is 11.9 Å². The van der Waals surface area contributed by atoms with Crippen LogP contribution in [0.2, 0.25) is 0 Å². The molecule has 7 nitrogen and oxygen atoms in total. The van der Waals surface area contributed by atoms with Gasteiger partial charge in [-0.05, 0) is 39.0 Å². The fraction of sp³-hybridized carbons (Fsp3) is 0.353. The summed E-state index contributed by atoms with van der Waals surface area (Å²) in [5, 5.41) is 6.96.